The number of ether oxygens (including phenoxy) is 1. The van der Waals surface area contributed by atoms with Crippen LogP contribution in [0.1, 0.15) is 51.4 Å². The smallest absolute Gasteiger partial charge is 0.222 e. The number of aromatic amines is 1. The lowest BCUT2D eigenvalue weighted by Crippen LogP contribution is -2.42. The van der Waals surface area contributed by atoms with Crippen molar-refractivity contribution in [3.63, 3.8) is 0 Å². The second kappa shape index (κ2) is 7.30. The molecule has 3 heterocycles. The summed E-state index contributed by atoms with van der Waals surface area (Å²) in [6, 6.07) is 0. The van der Waals surface area contributed by atoms with E-state index in [0.29, 0.717) is 38.5 Å². The summed E-state index contributed by atoms with van der Waals surface area (Å²) in [5, 5.41) is 11.3. The Morgan fingerprint density at radius 3 is 2.96 bits per heavy atom. The molecule has 0 aliphatic carbocycles. The molecule has 9 heteroatoms. The molecule has 1 aliphatic heterocycles. The minimum atomic E-state index is -0.253. The summed E-state index contributed by atoms with van der Waals surface area (Å²) in [4.78, 5) is 22.7. The molecule has 1 saturated heterocycles. The van der Waals surface area contributed by atoms with Crippen LogP contribution in [0.15, 0.2) is 12.7 Å². The average molecular weight is 347 g/mol. The molecule has 0 aromatic carbocycles. The first kappa shape index (κ1) is 17.5. The fourth-order valence-electron chi connectivity index (χ4n) is 2.69. The van der Waals surface area contributed by atoms with Crippen LogP contribution in [0.25, 0.3) is 0 Å². The number of carbonyl (C=O) groups excluding carboxylic acids is 1. The molecule has 25 heavy (non-hydrogen) atoms. The van der Waals surface area contributed by atoms with Crippen molar-refractivity contribution in [2.24, 2.45) is 0 Å². The number of hydrogen-bond acceptors (Lipinski definition) is 6. The molecule has 1 aliphatic rings. The van der Waals surface area contributed by atoms with Crippen LogP contribution < -0.4 is 0 Å². The van der Waals surface area contributed by atoms with Gasteiger partial charge in [-0.15, -0.1) is 0 Å². The maximum atomic E-state index is 12.4. The molecule has 0 unspecified atom stereocenters. The molecule has 0 bridgehead atoms. The van der Waals surface area contributed by atoms with E-state index in [-0.39, 0.29) is 17.4 Å². The molecule has 2 aromatic heterocycles. The maximum absolute atomic E-state index is 12.4. The van der Waals surface area contributed by atoms with Gasteiger partial charge < -0.3 is 9.64 Å². The van der Waals surface area contributed by atoms with Crippen LogP contribution in [0.2, 0.25) is 0 Å². The Kier molecular flexibility index (Phi) is 5.12. The number of H-pyrrole nitrogens is 1. The molecule has 3 rings (SSSR count). The highest BCUT2D eigenvalue weighted by atomic mass is 16.5. The van der Waals surface area contributed by atoms with Gasteiger partial charge in [0.15, 0.2) is 11.6 Å². The van der Waals surface area contributed by atoms with Gasteiger partial charge in [0.2, 0.25) is 5.91 Å². The van der Waals surface area contributed by atoms with Crippen molar-refractivity contribution in [1.82, 2.24) is 34.8 Å². The lowest BCUT2D eigenvalue weighted by atomic mass is 9.96. The molecule has 1 N–H and O–H groups in total. The molecule has 1 atom stereocenters. The van der Waals surface area contributed by atoms with Crippen molar-refractivity contribution in [3.05, 3.63) is 24.3 Å². The minimum Gasteiger partial charge on any atom is -0.367 e. The second-order valence-corrected chi connectivity index (χ2v) is 7.26. The summed E-state index contributed by atoms with van der Waals surface area (Å²) in [5.41, 5.74) is -0.125. The number of amides is 1. The molecule has 136 valence electrons. The van der Waals surface area contributed by atoms with Gasteiger partial charge in [0.05, 0.1) is 13.2 Å². The molecule has 0 radical (unpaired) electrons. The van der Waals surface area contributed by atoms with Gasteiger partial charge in [-0.2, -0.15) is 10.2 Å². The van der Waals surface area contributed by atoms with Crippen molar-refractivity contribution in [2.75, 3.05) is 19.7 Å². The zero-order valence-corrected chi connectivity index (χ0v) is 15.0. The van der Waals surface area contributed by atoms with Gasteiger partial charge >= 0.3 is 0 Å². The third-order valence-corrected chi connectivity index (χ3v) is 4.14. The number of carbonyl (C=O) groups is 1. The van der Waals surface area contributed by atoms with E-state index in [2.05, 4.69) is 46.0 Å². The predicted molar refractivity (Wildman–Crippen MR) is 89.6 cm³/mol. The first-order chi connectivity index (χ1) is 11.9. The van der Waals surface area contributed by atoms with E-state index in [1.165, 1.54) is 6.33 Å². The minimum absolute atomic E-state index is 0.125. The van der Waals surface area contributed by atoms with Crippen LogP contribution >= 0.6 is 0 Å². The fraction of sp³-hybridized carbons (Fsp3) is 0.688. The number of aryl methyl sites for hydroxylation is 1. The number of morpholine rings is 1. The van der Waals surface area contributed by atoms with E-state index in [1.807, 2.05) is 4.90 Å². The van der Waals surface area contributed by atoms with E-state index in [1.54, 1.807) is 11.0 Å². The SMILES string of the molecule is CC(C)(C)c1n[nH]c([C@@H]2CN(C(=O)CCCn3cncn3)CCO2)n1. The normalized spacial score (nSPS) is 18.5. The summed E-state index contributed by atoms with van der Waals surface area (Å²) in [5.74, 6) is 1.57. The summed E-state index contributed by atoms with van der Waals surface area (Å²) >= 11 is 0. The van der Waals surface area contributed by atoms with Crippen LogP contribution in [-0.4, -0.2) is 60.4 Å². The molecule has 9 nitrogen and oxygen atoms in total. The van der Waals surface area contributed by atoms with Crippen molar-refractivity contribution in [1.29, 1.82) is 0 Å². The number of nitrogens with one attached hydrogen (secondary N) is 1. The van der Waals surface area contributed by atoms with Gasteiger partial charge in [0.1, 0.15) is 18.8 Å². The lowest BCUT2D eigenvalue weighted by molar-refractivity contribution is -0.139. The summed E-state index contributed by atoms with van der Waals surface area (Å²) in [6.45, 7) is 8.49. The van der Waals surface area contributed by atoms with Crippen LogP contribution in [-0.2, 0) is 21.5 Å². The predicted octanol–water partition coefficient (Wildman–Crippen LogP) is 1.07. The topological polar surface area (TPSA) is 102 Å². The Morgan fingerprint density at radius 1 is 1.44 bits per heavy atom. The zero-order chi connectivity index (χ0) is 17.9. The molecule has 1 amide bonds. The monoisotopic (exact) mass is 347 g/mol. The third-order valence-electron chi connectivity index (χ3n) is 4.14. The van der Waals surface area contributed by atoms with Crippen LogP contribution in [0.5, 0.6) is 0 Å². The summed E-state index contributed by atoms with van der Waals surface area (Å²) < 4.78 is 7.52. The molecule has 2 aromatic rings. The average Bonchev–Trinajstić information content (AvgIpc) is 3.26. The van der Waals surface area contributed by atoms with Gasteiger partial charge in [-0.05, 0) is 6.42 Å². The summed E-state index contributed by atoms with van der Waals surface area (Å²) in [7, 11) is 0. The van der Waals surface area contributed by atoms with Gasteiger partial charge in [-0.1, -0.05) is 20.8 Å². The van der Waals surface area contributed by atoms with E-state index in [0.717, 1.165) is 12.2 Å². The number of rotatable bonds is 5. The molecule has 0 spiro atoms. The van der Waals surface area contributed by atoms with Gasteiger partial charge in [0.25, 0.3) is 0 Å². The first-order valence-electron chi connectivity index (χ1n) is 8.58. The molecular weight excluding hydrogens is 322 g/mol. The maximum Gasteiger partial charge on any atom is 0.222 e. The van der Waals surface area contributed by atoms with E-state index < -0.39 is 0 Å². The molecule has 1 fully saturated rings. The zero-order valence-electron chi connectivity index (χ0n) is 15.0. The van der Waals surface area contributed by atoms with Crippen molar-refractivity contribution in [2.45, 2.75) is 51.7 Å². The van der Waals surface area contributed by atoms with Crippen LogP contribution in [0.3, 0.4) is 0 Å². The van der Waals surface area contributed by atoms with Crippen molar-refractivity contribution in [3.8, 4) is 0 Å². The first-order valence-corrected chi connectivity index (χ1v) is 8.58. The molecule has 0 saturated carbocycles. The van der Waals surface area contributed by atoms with Crippen molar-refractivity contribution >= 4 is 5.91 Å². The lowest BCUT2D eigenvalue weighted by Gasteiger charge is -2.32. The Morgan fingerprint density at radius 2 is 2.28 bits per heavy atom. The quantitative estimate of drug-likeness (QED) is 0.868. The Hall–Kier alpha value is -2.29. The third kappa shape index (κ3) is 4.41. The summed E-state index contributed by atoms with van der Waals surface area (Å²) in [6.07, 6.45) is 4.12. The standard InChI is InChI=1S/C16H25N7O2/c1-16(2,3)15-19-14(20-21-15)12-9-22(7-8-25-12)13(24)5-4-6-23-11-17-10-18-23/h10-12H,4-9H2,1-3H3,(H,19,20,21)/t12-/m0/s1. The molecular formula is C16H25N7O2. The number of aromatic nitrogens is 6. The van der Waals surface area contributed by atoms with Gasteiger partial charge in [0, 0.05) is 24.9 Å². The highest BCUT2D eigenvalue weighted by molar-refractivity contribution is 5.76. The highest BCUT2D eigenvalue weighted by Gasteiger charge is 2.29. The van der Waals surface area contributed by atoms with E-state index in [4.69, 9.17) is 4.74 Å². The van der Waals surface area contributed by atoms with Crippen molar-refractivity contribution < 1.29 is 9.53 Å². The highest BCUT2D eigenvalue weighted by Crippen LogP contribution is 2.23. The largest absolute Gasteiger partial charge is 0.367 e. The van der Waals surface area contributed by atoms with E-state index >= 15 is 0 Å². The fourth-order valence-corrected chi connectivity index (χ4v) is 2.69. The van der Waals surface area contributed by atoms with E-state index in [9.17, 15) is 4.79 Å². The number of hydrogen-bond donors (Lipinski definition) is 1. The Bertz CT molecular complexity index is 690. The second-order valence-electron chi connectivity index (χ2n) is 7.26. The number of nitrogens with zero attached hydrogens (tertiary/aromatic N) is 6. The van der Waals surface area contributed by atoms with Crippen LogP contribution in [0.4, 0.5) is 0 Å². The van der Waals surface area contributed by atoms with Gasteiger partial charge in [-0.3, -0.25) is 14.6 Å². The Labute approximate surface area is 146 Å². The Balaban J connectivity index is 1.53. The van der Waals surface area contributed by atoms with Gasteiger partial charge in [-0.25, -0.2) is 9.97 Å². The van der Waals surface area contributed by atoms with Crippen LogP contribution in [0, 0.1) is 0 Å².